The molecule has 2 rings (SSSR count). The van der Waals surface area contributed by atoms with Gasteiger partial charge in [-0.1, -0.05) is 0 Å². The van der Waals surface area contributed by atoms with Gasteiger partial charge in [-0.3, -0.25) is 9.59 Å². The van der Waals surface area contributed by atoms with Gasteiger partial charge < -0.3 is 20.3 Å². The van der Waals surface area contributed by atoms with Crippen LogP contribution in [0.25, 0.3) is 0 Å². The van der Waals surface area contributed by atoms with E-state index < -0.39 is 0 Å². The SMILES string of the molecule is Nc1ccc(=O)n(CC(=O)N2CCC(CO)CC2)c1. The maximum Gasteiger partial charge on any atom is 0.251 e. The molecule has 0 spiro atoms. The van der Waals surface area contributed by atoms with E-state index in [9.17, 15) is 9.59 Å². The van der Waals surface area contributed by atoms with Crippen molar-refractivity contribution in [1.29, 1.82) is 0 Å². The molecule has 0 aliphatic carbocycles. The number of aromatic nitrogens is 1. The standard InChI is InChI=1S/C13H19N3O3/c14-11-1-2-12(18)16(7-11)8-13(19)15-5-3-10(9-17)4-6-15/h1-2,7,10,17H,3-6,8-9,14H2. The zero-order chi connectivity index (χ0) is 13.8. The Labute approximate surface area is 111 Å². The second-order valence-corrected chi connectivity index (χ2v) is 4.94. The van der Waals surface area contributed by atoms with Crippen LogP contribution in [0.4, 0.5) is 5.69 Å². The number of rotatable bonds is 3. The van der Waals surface area contributed by atoms with Gasteiger partial charge >= 0.3 is 0 Å². The zero-order valence-electron chi connectivity index (χ0n) is 10.8. The van der Waals surface area contributed by atoms with E-state index in [1.165, 1.54) is 22.9 Å². The lowest BCUT2D eigenvalue weighted by Gasteiger charge is -2.31. The first-order chi connectivity index (χ1) is 9.10. The number of anilines is 1. The van der Waals surface area contributed by atoms with Crippen molar-refractivity contribution in [2.75, 3.05) is 25.4 Å². The maximum absolute atomic E-state index is 12.1. The first-order valence-corrected chi connectivity index (χ1v) is 6.44. The minimum absolute atomic E-state index is 0.0215. The van der Waals surface area contributed by atoms with Gasteiger partial charge in [-0.2, -0.15) is 0 Å². The first-order valence-electron chi connectivity index (χ1n) is 6.44. The Hall–Kier alpha value is -1.82. The van der Waals surface area contributed by atoms with Crippen LogP contribution < -0.4 is 11.3 Å². The highest BCUT2D eigenvalue weighted by molar-refractivity contribution is 5.76. The molecule has 1 aromatic rings. The van der Waals surface area contributed by atoms with Gasteiger partial charge in [0.05, 0.1) is 0 Å². The quantitative estimate of drug-likeness (QED) is 0.782. The van der Waals surface area contributed by atoms with Gasteiger partial charge in [-0.25, -0.2) is 0 Å². The number of nitrogens with two attached hydrogens (primary N) is 1. The third kappa shape index (κ3) is 3.35. The van der Waals surface area contributed by atoms with E-state index in [1.807, 2.05) is 0 Å². The summed E-state index contributed by atoms with van der Waals surface area (Å²) >= 11 is 0. The molecule has 1 amide bonds. The van der Waals surface area contributed by atoms with Crippen LogP contribution in [0.15, 0.2) is 23.1 Å². The second-order valence-electron chi connectivity index (χ2n) is 4.94. The van der Waals surface area contributed by atoms with Crippen molar-refractivity contribution < 1.29 is 9.90 Å². The predicted molar refractivity (Wildman–Crippen MR) is 71.5 cm³/mol. The highest BCUT2D eigenvalue weighted by Gasteiger charge is 2.22. The first kappa shape index (κ1) is 13.6. The van der Waals surface area contributed by atoms with Crippen LogP contribution in [-0.2, 0) is 11.3 Å². The summed E-state index contributed by atoms with van der Waals surface area (Å²) < 4.78 is 1.33. The van der Waals surface area contributed by atoms with Crippen LogP contribution in [0.3, 0.4) is 0 Å². The second kappa shape index (κ2) is 5.88. The van der Waals surface area contributed by atoms with E-state index in [2.05, 4.69) is 0 Å². The van der Waals surface area contributed by atoms with Crippen molar-refractivity contribution in [3.05, 3.63) is 28.7 Å². The van der Waals surface area contributed by atoms with E-state index >= 15 is 0 Å². The van der Waals surface area contributed by atoms with Crippen LogP contribution in [0.2, 0.25) is 0 Å². The van der Waals surface area contributed by atoms with Crippen molar-refractivity contribution in [3.63, 3.8) is 0 Å². The fourth-order valence-electron chi connectivity index (χ4n) is 2.28. The van der Waals surface area contributed by atoms with Crippen LogP contribution in [0.5, 0.6) is 0 Å². The molecule has 0 bridgehead atoms. The Morgan fingerprint density at radius 3 is 2.68 bits per heavy atom. The molecule has 0 atom stereocenters. The number of hydrogen-bond acceptors (Lipinski definition) is 4. The third-order valence-corrected chi connectivity index (χ3v) is 3.54. The molecule has 0 radical (unpaired) electrons. The predicted octanol–water partition coefficient (Wildman–Crippen LogP) is -0.339. The van der Waals surface area contributed by atoms with E-state index in [4.69, 9.17) is 10.8 Å². The highest BCUT2D eigenvalue weighted by atomic mass is 16.3. The summed E-state index contributed by atoms with van der Waals surface area (Å²) in [6.07, 6.45) is 3.11. The number of pyridine rings is 1. The fourth-order valence-corrected chi connectivity index (χ4v) is 2.28. The number of nitrogens with zero attached hydrogens (tertiary/aromatic N) is 2. The largest absolute Gasteiger partial charge is 0.398 e. The topological polar surface area (TPSA) is 88.6 Å². The number of hydrogen-bond donors (Lipinski definition) is 2. The molecular weight excluding hydrogens is 246 g/mol. The highest BCUT2D eigenvalue weighted by Crippen LogP contribution is 2.16. The van der Waals surface area contributed by atoms with Crippen LogP contribution in [0.1, 0.15) is 12.8 Å². The van der Waals surface area contributed by atoms with E-state index in [1.54, 1.807) is 4.90 Å². The van der Waals surface area contributed by atoms with Crippen molar-refractivity contribution in [1.82, 2.24) is 9.47 Å². The molecule has 1 aliphatic rings. The monoisotopic (exact) mass is 265 g/mol. The van der Waals surface area contributed by atoms with Gasteiger partial charge in [0.1, 0.15) is 6.54 Å². The third-order valence-electron chi connectivity index (χ3n) is 3.54. The minimum Gasteiger partial charge on any atom is -0.398 e. The van der Waals surface area contributed by atoms with Crippen molar-refractivity contribution in [3.8, 4) is 0 Å². The summed E-state index contributed by atoms with van der Waals surface area (Å²) in [5.74, 6) is 0.211. The van der Waals surface area contributed by atoms with Gasteiger partial charge in [0.15, 0.2) is 0 Å². The van der Waals surface area contributed by atoms with Gasteiger partial charge in [-0.15, -0.1) is 0 Å². The number of likely N-dealkylation sites (tertiary alicyclic amines) is 1. The van der Waals surface area contributed by atoms with Crippen LogP contribution in [-0.4, -0.2) is 40.2 Å². The molecule has 1 aromatic heterocycles. The number of carbonyl (C=O) groups excluding carboxylic acids is 1. The van der Waals surface area contributed by atoms with E-state index in [-0.39, 0.29) is 24.6 Å². The molecule has 1 fully saturated rings. The molecule has 1 saturated heterocycles. The van der Waals surface area contributed by atoms with Crippen LogP contribution in [0, 0.1) is 5.92 Å². The summed E-state index contributed by atoms with van der Waals surface area (Å²) in [6.45, 7) is 1.48. The number of nitrogen functional groups attached to an aromatic ring is 1. The lowest BCUT2D eigenvalue weighted by atomic mass is 9.98. The van der Waals surface area contributed by atoms with E-state index in [0.29, 0.717) is 24.7 Å². The molecule has 0 saturated carbocycles. The van der Waals surface area contributed by atoms with Gasteiger partial charge in [-0.05, 0) is 24.8 Å². The Bertz CT molecular complexity index is 504. The minimum atomic E-state index is -0.229. The van der Waals surface area contributed by atoms with Crippen LogP contribution >= 0.6 is 0 Å². The van der Waals surface area contributed by atoms with E-state index in [0.717, 1.165) is 12.8 Å². The van der Waals surface area contributed by atoms with Crippen molar-refractivity contribution in [2.24, 2.45) is 5.92 Å². The number of carbonyl (C=O) groups is 1. The lowest BCUT2D eigenvalue weighted by Crippen LogP contribution is -2.42. The molecule has 0 aromatic carbocycles. The maximum atomic E-state index is 12.1. The zero-order valence-corrected chi connectivity index (χ0v) is 10.8. The summed E-state index contributed by atoms with van der Waals surface area (Å²) in [5.41, 5.74) is 5.84. The van der Waals surface area contributed by atoms with Gasteiger partial charge in [0.2, 0.25) is 5.91 Å². The Kier molecular flexibility index (Phi) is 4.21. The number of amides is 1. The Balaban J connectivity index is 1.98. The summed E-state index contributed by atoms with van der Waals surface area (Å²) in [5, 5.41) is 9.06. The Morgan fingerprint density at radius 1 is 1.37 bits per heavy atom. The Morgan fingerprint density at radius 2 is 2.05 bits per heavy atom. The lowest BCUT2D eigenvalue weighted by molar-refractivity contribution is -0.133. The van der Waals surface area contributed by atoms with Gasteiger partial charge in [0, 0.05) is 37.6 Å². The normalized spacial score (nSPS) is 16.6. The molecule has 104 valence electrons. The number of aliphatic hydroxyl groups is 1. The van der Waals surface area contributed by atoms with Crippen molar-refractivity contribution >= 4 is 11.6 Å². The molecule has 6 heteroatoms. The number of piperidine rings is 1. The average molecular weight is 265 g/mol. The summed E-state index contributed by atoms with van der Waals surface area (Å²) in [4.78, 5) is 25.4. The summed E-state index contributed by atoms with van der Waals surface area (Å²) in [7, 11) is 0. The molecular formula is C13H19N3O3. The molecule has 19 heavy (non-hydrogen) atoms. The smallest absolute Gasteiger partial charge is 0.251 e. The molecule has 0 unspecified atom stereocenters. The number of aliphatic hydroxyl groups excluding tert-OH is 1. The van der Waals surface area contributed by atoms with Crippen molar-refractivity contribution in [2.45, 2.75) is 19.4 Å². The molecule has 6 nitrogen and oxygen atoms in total. The molecule has 3 N–H and O–H groups in total. The summed E-state index contributed by atoms with van der Waals surface area (Å²) in [6, 6.07) is 2.89. The average Bonchev–Trinajstić information content (AvgIpc) is 2.43. The van der Waals surface area contributed by atoms with Gasteiger partial charge in [0.25, 0.3) is 5.56 Å². The molecule has 2 heterocycles. The fraction of sp³-hybridized carbons (Fsp3) is 0.538. The molecule has 1 aliphatic heterocycles.